The second-order valence-electron chi connectivity index (χ2n) is 8.47. The highest BCUT2D eigenvalue weighted by molar-refractivity contribution is 5.95. The molecule has 0 spiro atoms. The molecular formula is C23H24FN7O2. The van der Waals surface area contributed by atoms with Crippen LogP contribution in [0.2, 0.25) is 0 Å². The molecule has 9 nitrogen and oxygen atoms in total. The number of amides is 1. The number of nitrogens with zero attached hydrogens (tertiary/aromatic N) is 6. The predicted octanol–water partition coefficient (Wildman–Crippen LogP) is 2.40. The van der Waals surface area contributed by atoms with E-state index in [4.69, 9.17) is 0 Å². The summed E-state index contributed by atoms with van der Waals surface area (Å²) in [7, 11) is 0. The molecule has 1 fully saturated rings. The lowest BCUT2D eigenvalue weighted by Crippen LogP contribution is -2.58. The minimum absolute atomic E-state index is 0.0959. The number of hydrogen-bond donors (Lipinski definition) is 1. The Labute approximate surface area is 189 Å². The Morgan fingerprint density at radius 3 is 2.64 bits per heavy atom. The van der Waals surface area contributed by atoms with Crippen LogP contribution in [-0.4, -0.2) is 60.4 Å². The van der Waals surface area contributed by atoms with E-state index >= 15 is 0 Å². The van der Waals surface area contributed by atoms with Gasteiger partial charge in [0.1, 0.15) is 11.3 Å². The number of halogens is 1. The topological polar surface area (TPSA) is 91.5 Å². The maximum Gasteiger partial charge on any atom is 0.276 e. The molecule has 1 aliphatic heterocycles. The summed E-state index contributed by atoms with van der Waals surface area (Å²) in [5.74, 6) is -0.182. The summed E-state index contributed by atoms with van der Waals surface area (Å²) in [6.45, 7) is 6.92. The zero-order valence-corrected chi connectivity index (χ0v) is 18.6. The fourth-order valence-electron chi connectivity index (χ4n) is 4.61. The van der Waals surface area contributed by atoms with Crippen molar-refractivity contribution in [2.45, 2.75) is 32.9 Å². The van der Waals surface area contributed by atoms with Crippen molar-refractivity contribution in [2.24, 2.45) is 0 Å². The van der Waals surface area contributed by atoms with Crippen LogP contribution in [0.1, 0.15) is 29.9 Å². The molecule has 0 radical (unpaired) electrons. The standard InChI is InChI=1S/C23H24FN7O2/c1-14-12-28(18-7-4-6-17(24)10-18)13-15(2)30(14)22(33)19-11-25-31(16(19)3)23-26-21(32)20-8-5-9-29(20)27-23/h4-11,14-15H,12-13H2,1-3H3,(H,26,27,32). The van der Waals surface area contributed by atoms with Gasteiger partial charge in [-0.3, -0.25) is 14.6 Å². The van der Waals surface area contributed by atoms with E-state index in [1.807, 2.05) is 24.8 Å². The van der Waals surface area contributed by atoms with E-state index in [9.17, 15) is 14.0 Å². The lowest BCUT2D eigenvalue weighted by Gasteiger charge is -2.45. The van der Waals surface area contributed by atoms with Crippen LogP contribution in [0.5, 0.6) is 0 Å². The third kappa shape index (κ3) is 3.57. The van der Waals surface area contributed by atoms with Gasteiger partial charge in [0, 0.05) is 37.1 Å². The first-order valence-corrected chi connectivity index (χ1v) is 10.8. The van der Waals surface area contributed by atoms with Crippen molar-refractivity contribution in [2.75, 3.05) is 18.0 Å². The molecule has 2 unspecified atom stereocenters. The molecule has 170 valence electrons. The second-order valence-corrected chi connectivity index (χ2v) is 8.47. The fourth-order valence-corrected chi connectivity index (χ4v) is 4.61. The van der Waals surface area contributed by atoms with E-state index < -0.39 is 0 Å². The summed E-state index contributed by atoms with van der Waals surface area (Å²) in [5.41, 5.74) is 1.98. The van der Waals surface area contributed by atoms with Crippen molar-refractivity contribution in [3.63, 3.8) is 0 Å². The predicted molar refractivity (Wildman–Crippen MR) is 121 cm³/mol. The Balaban J connectivity index is 1.42. The lowest BCUT2D eigenvalue weighted by atomic mass is 10.0. The number of anilines is 1. The van der Waals surface area contributed by atoms with Crippen LogP contribution in [0.3, 0.4) is 0 Å². The molecule has 0 bridgehead atoms. The molecule has 10 heteroatoms. The zero-order valence-electron chi connectivity index (χ0n) is 18.6. The van der Waals surface area contributed by atoms with Gasteiger partial charge in [-0.05, 0) is 51.1 Å². The van der Waals surface area contributed by atoms with Crippen LogP contribution in [-0.2, 0) is 0 Å². The van der Waals surface area contributed by atoms with Crippen LogP contribution in [0, 0.1) is 12.7 Å². The van der Waals surface area contributed by atoms with Crippen LogP contribution in [0.4, 0.5) is 10.1 Å². The second kappa shape index (κ2) is 7.88. The average molecular weight is 449 g/mol. The Hall–Kier alpha value is -3.95. The van der Waals surface area contributed by atoms with E-state index in [1.165, 1.54) is 27.5 Å². The van der Waals surface area contributed by atoms with Crippen LogP contribution < -0.4 is 10.5 Å². The van der Waals surface area contributed by atoms with Crippen LogP contribution in [0.15, 0.2) is 53.6 Å². The fraction of sp³-hybridized carbons (Fsp3) is 0.304. The van der Waals surface area contributed by atoms with E-state index in [0.717, 1.165) is 5.69 Å². The van der Waals surface area contributed by atoms with Gasteiger partial charge in [-0.1, -0.05) is 6.07 Å². The Morgan fingerprint density at radius 2 is 1.91 bits per heavy atom. The minimum atomic E-state index is -0.288. The Bertz CT molecular complexity index is 1390. The number of aromatic amines is 1. The Kier molecular flexibility index (Phi) is 4.99. The van der Waals surface area contributed by atoms with Crippen molar-refractivity contribution < 1.29 is 9.18 Å². The molecule has 1 N–H and O–H groups in total. The monoisotopic (exact) mass is 449 g/mol. The Morgan fingerprint density at radius 1 is 1.15 bits per heavy atom. The van der Waals surface area contributed by atoms with Gasteiger partial charge in [0.25, 0.3) is 11.5 Å². The molecule has 1 saturated heterocycles. The van der Waals surface area contributed by atoms with Crippen molar-refractivity contribution in [3.8, 4) is 5.95 Å². The summed E-state index contributed by atoms with van der Waals surface area (Å²) in [4.78, 5) is 32.5. The molecule has 5 rings (SSSR count). The van der Waals surface area contributed by atoms with Crippen molar-refractivity contribution in [1.82, 2.24) is 29.3 Å². The highest BCUT2D eigenvalue weighted by atomic mass is 19.1. The number of hydrogen-bond acceptors (Lipinski definition) is 5. The summed E-state index contributed by atoms with van der Waals surface area (Å²) in [6, 6.07) is 9.73. The molecule has 1 aromatic carbocycles. The van der Waals surface area contributed by atoms with Gasteiger partial charge in [0.05, 0.1) is 17.5 Å². The van der Waals surface area contributed by atoms with E-state index in [2.05, 4.69) is 20.1 Å². The van der Waals surface area contributed by atoms with Crippen molar-refractivity contribution in [1.29, 1.82) is 0 Å². The molecule has 1 amide bonds. The highest BCUT2D eigenvalue weighted by Gasteiger charge is 2.35. The van der Waals surface area contributed by atoms with Gasteiger partial charge in [0.15, 0.2) is 0 Å². The van der Waals surface area contributed by atoms with Crippen LogP contribution in [0.25, 0.3) is 11.5 Å². The average Bonchev–Trinajstić information content (AvgIpc) is 3.40. The van der Waals surface area contributed by atoms with Gasteiger partial charge in [-0.2, -0.15) is 5.10 Å². The van der Waals surface area contributed by atoms with Gasteiger partial charge < -0.3 is 9.80 Å². The summed E-state index contributed by atoms with van der Waals surface area (Å²) in [5, 5.41) is 8.72. The van der Waals surface area contributed by atoms with Gasteiger partial charge in [-0.15, -0.1) is 5.10 Å². The first-order valence-electron chi connectivity index (χ1n) is 10.8. The molecule has 3 aromatic heterocycles. The smallest absolute Gasteiger partial charge is 0.276 e. The van der Waals surface area contributed by atoms with Crippen LogP contribution >= 0.6 is 0 Å². The van der Waals surface area contributed by atoms with Crippen molar-refractivity contribution >= 4 is 17.1 Å². The van der Waals surface area contributed by atoms with E-state index in [1.54, 1.807) is 31.3 Å². The third-order valence-electron chi connectivity index (χ3n) is 6.16. The summed E-state index contributed by atoms with van der Waals surface area (Å²) < 4.78 is 16.6. The SMILES string of the molecule is Cc1c(C(=O)N2C(C)CN(c3cccc(F)c3)CC2C)cnn1-c1nn2cccc2c(=O)[nH]1. The lowest BCUT2D eigenvalue weighted by molar-refractivity contribution is 0.0573. The summed E-state index contributed by atoms with van der Waals surface area (Å²) >= 11 is 0. The first kappa shape index (κ1) is 20.9. The molecule has 4 aromatic rings. The first-order chi connectivity index (χ1) is 15.8. The van der Waals surface area contributed by atoms with E-state index in [-0.39, 0.29) is 35.3 Å². The zero-order chi connectivity index (χ0) is 23.3. The highest BCUT2D eigenvalue weighted by Crippen LogP contribution is 2.25. The molecule has 1 aliphatic rings. The molecule has 33 heavy (non-hydrogen) atoms. The van der Waals surface area contributed by atoms with Gasteiger partial charge in [-0.25, -0.2) is 13.6 Å². The molecule has 2 atom stereocenters. The third-order valence-corrected chi connectivity index (χ3v) is 6.16. The maximum absolute atomic E-state index is 13.7. The number of fused-ring (bicyclic) bond motifs is 1. The normalized spacial score (nSPS) is 18.8. The van der Waals surface area contributed by atoms with Crippen molar-refractivity contribution in [3.05, 3.63) is 76.2 Å². The number of carbonyl (C=O) groups is 1. The maximum atomic E-state index is 13.7. The molecule has 0 aliphatic carbocycles. The van der Waals surface area contributed by atoms with Gasteiger partial charge >= 0.3 is 0 Å². The quantitative estimate of drug-likeness (QED) is 0.519. The largest absolute Gasteiger partial charge is 0.367 e. The number of piperazine rings is 1. The van der Waals surface area contributed by atoms with Gasteiger partial charge in [0.2, 0.25) is 5.95 Å². The number of aromatic nitrogens is 5. The number of rotatable bonds is 3. The molecule has 0 saturated carbocycles. The number of nitrogens with one attached hydrogen (secondary N) is 1. The minimum Gasteiger partial charge on any atom is -0.367 e. The summed E-state index contributed by atoms with van der Waals surface area (Å²) in [6.07, 6.45) is 3.19. The molecular weight excluding hydrogens is 425 g/mol. The number of H-pyrrole nitrogens is 1. The van der Waals surface area contributed by atoms with E-state index in [0.29, 0.717) is 29.9 Å². The number of carbonyl (C=O) groups excluding carboxylic acids is 1. The number of benzene rings is 1. The molecule has 4 heterocycles.